The van der Waals surface area contributed by atoms with Gasteiger partial charge in [-0.05, 0) is 44.0 Å². The first-order valence-corrected chi connectivity index (χ1v) is 9.29. The second-order valence-corrected chi connectivity index (χ2v) is 8.09. The summed E-state index contributed by atoms with van der Waals surface area (Å²) >= 11 is 5.95. The van der Waals surface area contributed by atoms with Crippen LogP contribution in [0, 0.1) is 13.8 Å². The van der Waals surface area contributed by atoms with Crippen molar-refractivity contribution in [1.82, 2.24) is 14.1 Å². The molecule has 0 saturated heterocycles. The van der Waals surface area contributed by atoms with Crippen LogP contribution in [-0.4, -0.2) is 43.2 Å². The minimum atomic E-state index is -3.70. The second-order valence-electron chi connectivity index (χ2n) is 5.64. The zero-order valence-electron chi connectivity index (χ0n) is 14.5. The van der Waals surface area contributed by atoms with E-state index < -0.39 is 10.0 Å². The van der Waals surface area contributed by atoms with Gasteiger partial charge in [-0.2, -0.15) is 5.10 Å². The van der Waals surface area contributed by atoms with Gasteiger partial charge in [0, 0.05) is 31.4 Å². The highest BCUT2D eigenvalue weighted by Gasteiger charge is 2.25. The van der Waals surface area contributed by atoms with Gasteiger partial charge in [-0.1, -0.05) is 11.6 Å². The Kier molecular flexibility index (Phi) is 5.57. The molecule has 132 valence electrons. The Labute approximate surface area is 148 Å². The molecule has 1 heterocycles. The number of halogens is 1. The van der Waals surface area contributed by atoms with Crippen molar-refractivity contribution >= 4 is 21.6 Å². The van der Waals surface area contributed by atoms with Gasteiger partial charge in [-0.3, -0.25) is 4.68 Å². The summed E-state index contributed by atoms with van der Waals surface area (Å²) in [7, 11) is 1.17. The Morgan fingerprint density at radius 2 is 2.00 bits per heavy atom. The van der Waals surface area contributed by atoms with E-state index in [1.54, 1.807) is 23.9 Å². The normalized spacial score (nSPS) is 12.0. The van der Waals surface area contributed by atoms with Crippen molar-refractivity contribution in [3.63, 3.8) is 0 Å². The van der Waals surface area contributed by atoms with Crippen molar-refractivity contribution in [3.05, 3.63) is 40.2 Å². The van der Waals surface area contributed by atoms with E-state index in [0.29, 0.717) is 18.0 Å². The molecule has 0 radical (unpaired) electrons. The summed E-state index contributed by atoms with van der Waals surface area (Å²) in [5.74, 6) is 0.278. The molecular formula is C16H22ClN3O3S. The highest BCUT2D eigenvalue weighted by molar-refractivity contribution is 7.89. The molecule has 0 aliphatic carbocycles. The third-order valence-electron chi connectivity index (χ3n) is 4.15. The standard InChI is InChI=1S/C16H22ClN3O3S/c1-11-14(12(2)20(4)18-11)8-9-19(3)24(21,22)16-10-13(17)6-7-15(16)23-5/h6-7,10H,8-9H2,1-5H3. The molecule has 0 spiro atoms. The molecule has 0 amide bonds. The maximum absolute atomic E-state index is 12.8. The first-order valence-electron chi connectivity index (χ1n) is 7.47. The average Bonchev–Trinajstić information content (AvgIpc) is 2.77. The summed E-state index contributed by atoms with van der Waals surface area (Å²) in [4.78, 5) is 0.0691. The topological polar surface area (TPSA) is 64.4 Å². The van der Waals surface area contributed by atoms with Crippen LogP contribution in [0.1, 0.15) is 17.0 Å². The molecule has 0 unspecified atom stereocenters. The van der Waals surface area contributed by atoms with Crippen LogP contribution in [0.5, 0.6) is 5.75 Å². The van der Waals surface area contributed by atoms with Gasteiger partial charge < -0.3 is 4.74 Å². The van der Waals surface area contributed by atoms with Crippen molar-refractivity contribution in [2.24, 2.45) is 7.05 Å². The van der Waals surface area contributed by atoms with E-state index in [9.17, 15) is 8.42 Å². The van der Waals surface area contributed by atoms with Crippen molar-refractivity contribution in [3.8, 4) is 5.75 Å². The first-order chi connectivity index (χ1) is 11.2. The van der Waals surface area contributed by atoms with Crippen LogP contribution < -0.4 is 4.74 Å². The molecule has 0 N–H and O–H groups in total. The minimum absolute atomic E-state index is 0.0691. The maximum atomic E-state index is 12.8. The quantitative estimate of drug-likeness (QED) is 0.782. The van der Waals surface area contributed by atoms with Crippen molar-refractivity contribution in [2.45, 2.75) is 25.2 Å². The van der Waals surface area contributed by atoms with Gasteiger partial charge in [0.1, 0.15) is 10.6 Å². The number of methoxy groups -OCH3 is 1. The molecule has 2 aromatic rings. The van der Waals surface area contributed by atoms with Gasteiger partial charge in [-0.25, -0.2) is 12.7 Å². The van der Waals surface area contributed by atoms with Crippen molar-refractivity contribution in [1.29, 1.82) is 0 Å². The summed E-state index contributed by atoms with van der Waals surface area (Å²) in [6.07, 6.45) is 0.587. The Morgan fingerprint density at radius 1 is 1.33 bits per heavy atom. The number of ether oxygens (including phenoxy) is 1. The highest BCUT2D eigenvalue weighted by atomic mass is 35.5. The number of aryl methyl sites for hydroxylation is 2. The molecule has 0 saturated carbocycles. The molecule has 1 aromatic heterocycles. The summed E-state index contributed by atoms with van der Waals surface area (Å²) < 4.78 is 33.9. The average molecular weight is 372 g/mol. The van der Waals surface area contributed by atoms with Gasteiger partial charge in [-0.15, -0.1) is 0 Å². The van der Waals surface area contributed by atoms with Crippen LogP contribution in [0.3, 0.4) is 0 Å². The summed E-state index contributed by atoms with van der Waals surface area (Å²) in [5, 5.41) is 4.71. The van der Waals surface area contributed by atoms with E-state index in [1.807, 2.05) is 20.9 Å². The number of hydrogen-bond donors (Lipinski definition) is 0. The lowest BCUT2D eigenvalue weighted by atomic mass is 10.1. The summed E-state index contributed by atoms with van der Waals surface area (Å²) in [6, 6.07) is 4.56. The predicted molar refractivity (Wildman–Crippen MR) is 94.2 cm³/mol. The number of aromatic nitrogens is 2. The van der Waals surface area contributed by atoms with Crippen LogP contribution in [0.25, 0.3) is 0 Å². The third kappa shape index (κ3) is 3.58. The molecular weight excluding hydrogens is 350 g/mol. The van der Waals surface area contributed by atoms with Crippen LogP contribution >= 0.6 is 11.6 Å². The number of nitrogens with zero attached hydrogens (tertiary/aromatic N) is 3. The Morgan fingerprint density at radius 3 is 2.54 bits per heavy atom. The summed E-state index contributed by atoms with van der Waals surface area (Å²) in [5.41, 5.74) is 3.03. The Hall–Kier alpha value is -1.57. The van der Waals surface area contributed by atoms with E-state index in [4.69, 9.17) is 16.3 Å². The number of hydrogen-bond acceptors (Lipinski definition) is 4. The highest BCUT2D eigenvalue weighted by Crippen LogP contribution is 2.29. The van der Waals surface area contributed by atoms with Gasteiger partial charge in [0.25, 0.3) is 0 Å². The monoisotopic (exact) mass is 371 g/mol. The third-order valence-corrected chi connectivity index (χ3v) is 6.26. The minimum Gasteiger partial charge on any atom is -0.495 e. The van der Waals surface area contributed by atoms with Crippen molar-refractivity contribution < 1.29 is 13.2 Å². The largest absolute Gasteiger partial charge is 0.495 e. The van der Waals surface area contributed by atoms with Gasteiger partial charge in [0.2, 0.25) is 10.0 Å². The fourth-order valence-corrected chi connectivity index (χ4v) is 4.17. The molecule has 0 aliphatic rings. The predicted octanol–water partition coefficient (Wildman–Crippen LogP) is 2.56. The fraction of sp³-hybridized carbons (Fsp3) is 0.438. The molecule has 0 fully saturated rings. The Balaban J connectivity index is 2.25. The van der Waals surface area contributed by atoms with E-state index in [2.05, 4.69) is 5.10 Å². The molecule has 0 bridgehead atoms. The van der Waals surface area contributed by atoms with Crippen molar-refractivity contribution in [2.75, 3.05) is 20.7 Å². The zero-order chi connectivity index (χ0) is 18.1. The van der Waals surface area contributed by atoms with Gasteiger partial charge in [0.15, 0.2) is 0 Å². The summed E-state index contributed by atoms with van der Waals surface area (Å²) in [6.45, 7) is 4.24. The smallest absolute Gasteiger partial charge is 0.246 e. The number of likely N-dealkylation sites (N-methyl/N-ethyl adjacent to an activating group) is 1. The first kappa shape index (κ1) is 18.8. The maximum Gasteiger partial charge on any atom is 0.246 e. The van der Waals surface area contributed by atoms with Crippen LogP contribution in [0.4, 0.5) is 0 Å². The van der Waals surface area contributed by atoms with E-state index in [0.717, 1.165) is 17.0 Å². The van der Waals surface area contributed by atoms with E-state index in [-0.39, 0.29) is 10.6 Å². The molecule has 1 aromatic carbocycles. The molecule has 0 aliphatic heterocycles. The SMILES string of the molecule is COc1ccc(Cl)cc1S(=O)(=O)N(C)CCc1c(C)nn(C)c1C. The molecule has 6 nitrogen and oxygen atoms in total. The van der Waals surface area contributed by atoms with Crippen LogP contribution in [0.15, 0.2) is 23.1 Å². The molecule has 24 heavy (non-hydrogen) atoms. The molecule has 0 atom stereocenters. The Bertz CT molecular complexity index is 846. The fourth-order valence-electron chi connectivity index (χ4n) is 2.59. The van der Waals surface area contributed by atoms with Gasteiger partial charge in [0.05, 0.1) is 12.8 Å². The number of rotatable bonds is 6. The van der Waals surface area contributed by atoms with Crippen LogP contribution in [0.2, 0.25) is 5.02 Å². The van der Waals surface area contributed by atoms with Gasteiger partial charge >= 0.3 is 0 Å². The lowest BCUT2D eigenvalue weighted by Gasteiger charge is -2.19. The molecule has 2 rings (SSSR count). The lowest BCUT2D eigenvalue weighted by Crippen LogP contribution is -2.29. The lowest BCUT2D eigenvalue weighted by molar-refractivity contribution is 0.398. The molecule has 8 heteroatoms. The zero-order valence-corrected chi connectivity index (χ0v) is 16.1. The van der Waals surface area contributed by atoms with Crippen LogP contribution in [-0.2, 0) is 23.5 Å². The number of sulfonamides is 1. The number of benzene rings is 1. The van der Waals surface area contributed by atoms with E-state index >= 15 is 0 Å². The van der Waals surface area contributed by atoms with E-state index in [1.165, 1.54) is 17.5 Å². The second kappa shape index (κ2) is 7.13.